The highest BCUT2D eigenvalue weighted by atomic mass is 19.1. The Balaban J connectivity index is 1.85. The first-order valence-electron chi connectivity index (χ1n) is 8.79. The number of carbonyl (C=O) groups excluding carboxylic acids is 2. The largest absolute Gasteiger partial charge is 0.448 e. The van der Waals surface area contributed by atoms with E-state index in [-0.39, 0.29) is 35.3 Å². The lowest BCUT2D eigenvalue weighted by molar-refractivity contribution is -0.123. The number of nitrogens with zero attached hydrogens (tertiary/aromatic N) is 2. The van der Waals surface area contributed by atoms with Crippen molar-refractivity contribution >= 4 is 28.3 Å². The van der Waals surface area contributed by atoms with Crippen LogP contribution in [-0.2, 0) is 16.1 Å². The van der Waals surface area contributed by atoms with E-state index in [0.717, 1.165) is 4.68 Å². The number of esters is 1. The van der Waals surface area contributed by atoms with Gasteiger partial charge in [-0.15, -0.1) is 0 Å². The summed E-state index contributed by atoms with van der Waals surface area (Å²) in [5.41, 5.74) is -0.670. The third-order valence-electron chi connectivity index (χ3n) is 4.16. The lowest BCUT2D eigenvalue weighted by Crippen LogP contribution is -2.32. The van der Waals surface area contributed by atoms with Crippen LogP contribution in [0.25, 0.3) is 10.8 Å². The summed E-state index contributed by atoms with van der Waals surface area (Å²) in [4.78, 5) is 37.3. The first-order chi connectivity index (χ1) is 13.9. The standard InChI is InChI=1S/C20H18FN3O5/c1-12(18(26)22-16-9-5-4-8-15(16)21)29-20(28)17-13-6-2-3-7-14(13)19(27)24(23-17)10-11-25/h2-9,12,25H,10-11H2,1H3,(H,22,26)/t12-/m0/s1. The van der Waals surface area contributed by atoms with Crippen LogP contribution < -0.4 is 10.9 Å². The summed E-state index contributed by atoms with van der Waals surface area (Å²) in [6, 6.07) is 11.9. The summed E-state index contributed by atoms with van der Waals surface area (Å²) in [7, 11) is 0. The molecule has 0 saturated carbocycles. The molecule has 1 aromatic heterocycles. The Bertz CT molecular complexity index is 1130. The number of benzene rings is 2. The van der Waals surface area contributed by atoms with Gasteiger partial charge in [-0.1, -0.05) is 30.3 Å². The number of amides is 1. The molecule has 1 amide bonds. The number of anilines is 1. The van der Waals surface area contributed by atoms with E-state index in [1.54, 1.807) is 18.2 Å². The second-order valence-corrected chi connectivity index (χ2v) is 6.16. The molecule has 0 fully saturated rings. The van der Waals surface area contributed by atoms with Crippen LogP contribution in [0.1, 0.15) is 17.4 Å². The van der Waals surface area contributed by atoms with Crippen LogP contribution >= 0.6 is 0 Å². The zero-order chi connectivity index (χ0) is 21.0. The highest BCUT2D eigenvalue weighted by Gasteiger charge is 2.23. The van der Waals surface area contributed by atoms with Crippen LogP contribution in [0, 0.1) is 5.82 Å². The van der Waals surface area contributed by atoms with Gasteiger partial charge in [0.2, 0.25) is 0 Å². The fraction of sp³-hybridized carbons (Fsp3) is 0.200. The molecule has 2 aromatic carbocycles. The number of hydrogen-bond acceptors (Lipinski definition) is 6. The predicted molar refractivity (Wildman–Crippen MR) is 103 cm³/mol. The van der Waals surface area contributed by atoms with E-state index in [0.29, 0.717) is 0 Å². The number of carbonyl (C=O) groups is 2. The molecule has 0 radical (unpaired) electrons. The Kier molecular flexibility index (Phi) is 5.99. The Morgan fingerprint density at radius 1 is 1.17 bits per heavy atom. The molecule has 29 heavy (non-hydrogen) atoms. The summed E-state index contributed by atoms with van der Waals surface area (Å²) >= 11 is 0. The number of fused-ring (bicyclic) bond motifs is 1. The van der Waals surface area contributed by atoms with Crippen LogP contribution in [0.4, 0.5) is 10.1 Å². The van der Waals surface area contributed by atoms with Crippen molar-refractivity contribution in [2.75, 3.05) is 11.9 Å². The fourth-order valence-electron chi connectivity index (χ4n) is 2.70. The van der Waals surface area contributed by atoms with Gasteiger partial charge in [0.1, 0.15) is 5.82 Å². The van der Waals surface area contributed by atoms with Crippen molar-refractivity contribution in [3.63, 3.8) is 0 Å². The van der Waals surface area contributed by atoms with Gasteiger partial charge in [0.15, 0.2) is 11.8 Å². The van der Waals surface area contributed by atoms with Crippen LogP contribution in [0.5, 0.6) is 0 Å². The highest BCUT2D eigenvalue weighted by molar-refractivity contribution is 6.03. The molecule has 3 aromatic rings. The third kappa shape index (κ3) is 4.30. The van der Waals surface area contributed by atoms with Gasteiger partial charge >= 0.3 is 5.97 Å². The molecule has 3 rings (SSSR count). The van der Waals surface area contributed by atoms with Crippen LogP contribution in [0.3, 0.4) is 0 Å². The molecule has 2 N–H and O–H groups in total. The van der Waals surface area contributed by atoms with Crippen molar-refractivity contribution in [2.24, 2.45) is 0 Å². The van der Waals surface area contributed by atoms with Crippen molar-refractivity contribution in [1.29, 1.82) is 0 Å². The van der Waals surface area contributed by atoms with Crippen molar-refractivity contribution < 1.29 is 23.8 Å². The number of nitrogens with one attached hydrogen (secondary N) is 1. The number of aromatic nitrogens is 2. The molecule has 0 unspecified atom stereocenters. The number of aliphatic hydroxyl groups is 1. The van der Waals surface area contributed by atoms with Crippen LogP contribution in [-0.4, -0.2) is 39.5 Å². The maximum atomic E-state index is 13.7. The highest BCUT2D eigenvalue weighted by Crippen LogP contribution is 2.16. The number of ether oxygens (including phenoxy) is 1. The average molecular weight is 399 g/mol. The quantitative estimate of drug-likeness (QED) is 0.611. The molecule has 9 heteroatoms. The fourth-order valence-corrected chi connectivity index (χ4v) is 2.70. The Morgan fingerprint density at radius 3 is 2.52 bits per heavy atom. The second-order valence-electron chi connectivity index (χ2n) is 6.16. The minimum atomic E-state index is -1.25. The zero-order valence-corrected chi connectivity index (χ0v) is 15.5. The van der Waals surface area contributed by atoms with Gasteiger partial charge in [0.05, 0.1) is 24.2 Å². The molecule has 0 spiro atoms. The van der Waals surface area contributed by atoms with Gasteiger partial charge in [-0.3, -0.25) is 9.59 Å². The number of para-hydroxylation sites is 1. The molecule has 0 saturated heterocycles. The normalized spacial score (nSPS) is 11.8. The first-order valence-corrected chi connectivity index (χ1v) is 8.79. The van der Waals surface area contributed by atoms with E-state index in [2.05, 4.69) is 10.4 Å². The summed E-state index contributed by atoms with van der Waals surface area (Å²) < 4.78 is 19.8. The maximum Gasteiger partial charge on any atom is 0.360 e. The third-order valence-corrected chi connectivity index (χ3v) is 4.16. The summed E-state index contributed by atoms with van der Waals surface area (Å²) in [5.74, 6) is -2.27. The molecule has 1 atom stereocenters. The van der Waals surface area contributed by atoms with Gasteiger partial charge in [-0.25, -0.2) is 13.9 Å². The summed E-state index contributed by atoms with van der Waals surface area (Å²) in [6.07, 6.45) is -1.25. The van der Waals surface area contributed by atoms with Crippen molar-refractivity contribution in [3.8, 4) is 0 Å². The monoisotopic (exact) mass is 399 g/mol. The van der Waals surface area contributed by atoms with E-state index in [9.17, 15) is 18.8 Å². The lowest BCUT2D eigenvalue weighted by atomic mass is 10.1. The van der Waals surface area contributed by atoms with Gasteiger partial charge < -0.3 is 15.2 Å². The van der Waals surface area contributed by atoms with Crippen LogP contribution in [0.15, 0.2) is 53.3 Å². The van der Waals surface area contributed by atoms with E-state index < -0.39 is 29.4 Å². The Hall–Kier alpha value is -3.59. The van der Waals surface area contributed by atoms with Crippen LogP contribution in [0.2, 0.25) is 0 Å². The smallest absolute Gasteiger partial charge is 0.360 e. The number of hydrogen-bond donors (Lipinski definition) is 2. The summed E-state index contributed by atoms with van der Waals surface area (Å²) in [6.45, 7) is 0.883. The number of rotatable bonds is 6. The molecular weight excluding hydrogens is 381 g/mol. The molecular formula is C20H18FN3O5. The molecule has 0 aliphatic heterocycles. The summed E-state index contributed by atoms with van der Waals surface area (Å²) in [5, 5.41) is 15.9. The van der Waals surface area contributed by atoms with E-state index in [4.69, 9.17) is 9.84 Å². The minimum Gasteiger partial charge on any atom is -0.448 e. The first kappa shape index (κ1) is 20.2. The second kappa shape index (κ2) is 8.61. The predicted octanol–water partition coefficient (Wildman–Crippen LogP) is 1.71. The molecule has 0 aliphatic rings. The number of halogens is 1. The zero-order valence-electron chi connectivity index (χ0n) is 15.5. The molecule has 0 aliphatic carbocycles. The lowest BCUT2D eigenvalue weighted by Gasteiger charge is -2.15. The molecule has 0 bridgehead atoms. The average Bonchev–Trinajstić information content (AvgIpc) is 2.71. The van der Waals surface area contributed by atoms with Crippen molar-refractivity contribution in [1.82, 2.24) is 9.78 Å². The van der Waals surface area contributed by atoms with Gasteiger partial charge in [0, 0.05) is 5.39 Å². The number of aliphatic hydroxyl groups excluding tert-OH is 1. The van der Waals surface area contributed by atoms with E-state index in [1.165, 1.54) is 37.3 Å². The Morgan fingerprint density at radius 2 is 1.83 bits per heavy atom. The van der Waals surface area contributed by atoms with Crippen molar-refractivity contribution in [3.05, 3.63) is 70.4 Å². The maximum absolute atomic E-state index is 13.7. The SMILES string of the molecule is C[C@H](OC(=O)c1nn(CCO)c(=O)c2ccccc12)C(=O)Nc1ccccc1F. The molecule has 8 nitrogen and oxygen atoms in total. The van der Waals surface area contributed by atoms with E-state index >= 15 is 0 Å². The van der Waals surface area contributed by atoms with Crippen molar-refractivity contribution in [2.45, 2.75) is 19.6 Å². The van der Waals surface area contributed by atoms with Gasteiger partial charge in [-0.2, -0.15) is 5.10 Å². The minimum absolute atomic E-state index is 0.0412. The molecule has 1 heterocycles. The van der Waals surface area contributed by atoms with E-state index in [1.807, 2.05) is 0 Å². The molecule has 150 valence electrons. The van der Waals surface area contributed by atoms with Gasteiger partial charge in [-0.05, 0) is 25.1 Å². The van der Waals surface area contributed by atoms with Gasteiger partial charge in [0.25, 0.3) is 11.5 Å². The topological polar surface area (TPSA) is 111 Å². The Labute approximate surface area is 164 Å².